The lowest BCUT2D eigenvalue weighted by molar-refractivity contribution is 0.0513. The van der Waals surface area contributed by atoms with Crippen molar-refractivity contribution < 1.29 is 13.9 Å². The average molecular weight is 441 g/mol. The lowest BCUT2D eigenvalue weighted by atomic mass is 9.74. The van der Waals surface area contributed by atoms with Gasteiger partial charge in [0.2, 0.25) is 0 Å². The van der Waals surface area contributed by atoms with Gasteiger partial charge in [0.25, 0.3) is 5.91 Å². The van der Waals surface area contributed by atoms with Crippen LogP contribution in [0.5, 0.6) is 0 Å². The minimum atomic E-state index is -0.224. The highest BCUT2D eigenvalue weighted by molar-refractivity contribution is 5.94. The van der Waals surface area contributed by atoms with Crippen LogP contribution in [0.15, 0.2) is 53.5 Å². The third kappa shape index (κ3) is 6.07. The molecule has 0 atom stereocenters. The van der Waals surface area contributed by atoms with E-state index in [-0.39, 0.29) is 17.1 Å². The van der Waals surface area contributed by atoms with Gasteiger partial charge < -0.3 is 20.3 Å². The average Bonchev–Trinajstić information content (AvgIpc) is 2.82. The van der Waals surface area contributed by atoms with Crippen LogP contribution in [0.25, 0.3) is 0 Å². The maximum atomic E-state index is 13.4. The van der Waals surface area contributed by atoms with E-state index in [2.05, 4.69) is 15.6 Å². The number of aliphatic imine (C=N–C) groups is 1. The quantitative estimate of drug-likeness (QED) is 0.513. The second kappa shape index (κ2) is 11.1. The highest BCUT2D eigenvalue weighted by atomic mass is 19.1. The summed E-state index contributed by atoms with van der Waals surface area (Å²) in [5, 5.41) is 6.81. The second-order valence-electron chi connectivity index (χ2n) is 8.40. The molecule has 1 aliphatic rings. The highest BCUT2D eigenvalue weighted by Crippen LogP contribution is 2.34. The van der Waals surface area contributed by atoms with Gasteiger partial charge in [0.15, 0.2) is 5.96 Å². The van der Waals surface area contributed by atoms with E-state index in [1.54, 1.807) is 26.0 Å². The molecule has 1 saturated heterocycles. The summed E-state index contributed by atoms with van der Waals surface area (Å²) in [5.41, 5.74) is 2.78. The zero-order chi connectivity index (χ0) is 23.0. The van der Waals surface area contributed by atoms with Crippen LogP contribution in [0.4, 0.5) is 4.39 Å². The lowest BCUT2D eigenvalue weighted by Gasteiger charge is -2.38. The second-order valence-corrected chi connectivity index (χ2v) is 8.40. The molecule has 32 heavy (non-hydrogen) atoms. The molecule has 7 heteroatoms. The van der Waals surface area contributed by atoms with Crippen molar-refractivity contribution in [3.8, 4) is 0 Å². The van der Waals surface area contributed by atoms with Crippen LogP contribution in [0.3, 0.4) is 0 Å². The molecule has 1 aliphatic heterocycles. The molecule has 0 spiro atoms. The molecule has 2 N–H and O–H groups in total. The summed E-state index contributed by atoms with van der Waals surface area (Å²) < 4.78 is 19.0. The van der Waals surface area contributed by atoms with Crippen molar-refractivity contribution in [2.75, 3.05) is 47.4 Å². The first-order chi connectivity index (χ1) is 15.4. The van der Waals surface area contributed by atoms with E-state index < -0.39 is 0 Å². The Morgan fingerprint density at radius 3 is 2.50 bits per heavy atom. The molecule has 6 nitrogen and oxygen atoms in total. The van der Waals surface area contributed by atoms with Gasteiger partial charge in [-0.2, -0.15) is 0 Å². The van der Waals surface area contributed by atoms with E-state index >= 15 is 0 Å². The van der Waals surface area contributed by atoms with Crippen molar-refractivity contribution in [2.24, 2.45) is 4.99 Å². The maximum Gasteiger partial charge on any atom is 0.253 e. The minimum Gasteiger partial charge on any atom is -0.381 e. The van der Waals surface area contributed by atoms with Crippen LogP contribution in [0, 0.1) is 5.82 Å². The van der Waals surface area contributed by atoms with Gasteiger partial charge >= 0.3 is 0 Å². The van der Waals surface area contributed by atoms with E-state index in [0.717, 1.165) is 36.3 Å². The van der Waals surface area contributed by atoms with Gasteiger partial charge in [-0.3, -0.25) is 9.79 Å². The number of ether oxygens (including phenoxy) is 1. The number of amides is 1. The predicted octanol–water partition coefficient (Wildman–Crippen LogP) is 2.98. The molecule has 1 amide bonds. The number of hydrogen-bond acceptors (Lipinski definition) is 3. The van der Waals surface area contributed by atoms with E-state index in [4.69, 9.17) is 4.74 Å². The molecular formula is C25H33FN4O2. The van der Waals surface area contributed by atoms with Gasteiger partial charge in [-0.1, -0.05) is 24.3 Å². The molecular weight excluding hydrogens is 407 g/mol. The number of guanidine groups is 1. The van der Waals surface area contributed by atoms with Gasteiger partial charge in [0, 0.05) is 58.4 Å². The van der Waals surface area contributed by atoms with Crippen molar-refractivity contribution in [3.05, 3.63) is 71.0 Å². The third-order valence-corrected chi connectivity index (χ3v) is 6.01. The van der Waals surface area contributed by atoms with E-state index in [0.29, 0.717) is 31.9 Å². The Labute approximate surface area is 189 Å². The number of benzene rings is 2. The van der Waals surface area contributed by atoms with Crippen LogP contribution in [0.1, 0.15) is 34.3 Å². The van der Waals surface area contributed by atoms with Gasteiger partial charge in [-0.25, -0.2) is 4.39 Å². The molecule has 172 valence electrons. The zero-order valence-electron chi connectivity index (χ0n) is 19.2. The molecule has 0 bridgehead atoms. The Balaban J connectivity index is 1.58. The van der Waals surface area contributed by atoms with E-state index in [9.17, 15) is 9.18 Å². The van der Waals surface area contributed by atoms with Gasteiger partial charge in [0.1, 0.15) is 5.82 Å². The maximum absolute atomic E-state index is 13.4. The summed E-state index contributed by atoms with van der Waals surface area (Å²) in [6, 6.07) is 14.5. The van der Waals surface area contributed by atoms with Crippen LogP contribution < -0.4 is 10.6 Å². The summed E-state index contributed by atoms with van der Waals surface area (Å²) in [6.07, 6.45) is 2.51. The summed E-state index contributed by atoms with van der Waals surface area (Å²) in [4.78, 5) is 18.1. The van der Waals surface area contributed by atoms with Crippen molar-refractivity contribution in [2.45, 2.75) is 24.7 Å². The summed E-state index contributed by atoms with van der Waals surface area (Å²) in [5.74, 6) is 0.496. The molecule has 2 aromatic carbocycles. The Bertz CT molecular complexity index is 922. The highest BCUT2D eigenvalue weighted by Gasteiger charge is 2.34. The topological polar surface area (TPSA) is 66.0 Å². The van der Waals surface area contributed by atoms with Gasteiger partial charge in [-0.05, 0) is 54.7 Å². The Morgan fingerprint density at radius 1 is 1.12 bits per heavy atom. The van der Waals surface area contributed by atoms with Crippen LogP contribution in [-0.4, -0.2) is 64.2 Å². The monoisotopic (exact) mass is 440 g/mol. The van der Waals surface area contributed by atoms with E-state index in [1.807, 2.05) is 36.4 Å². The zero-order valence-corrected chi connectivity index (χ0v) is 19.2. The normalized spacial score (nSPS) is 15.8. The smallest absolute Gasteiger partial charge is 0.253 e. The number of rotatable bonds is 7. The molecule has 2 aromatic rings. The molecule has 0 aromatic heterocycles. The Kier molecular flexibility index (Phi) is 8.22. The first kappa shape index (κ1) is 23.7. The molecule has 1 fully saturated rings. The SMILES string of the molecule is CN=C(NCCc1cccc(C(=O)N(C)C)c1)NCC1(c2ccc(F)cc2)CCOCC1. The molecule has 0 aliphatic carbocycles. The van der Waals surface area contributed by atoms with E-state index in [1.165, 1.54) is 12.1 Å². The summed E-state index contributed by atoms with van der Waals surface area (Å²) >= 11 is 0. The lowest BCUT2D eigenvalue weighted by Crippen LogP contribution is -2.48. The van der Waals surface area contributed by atoms with Crippen molar-refractivity contribution in [3.63, 3.8) is 0 Å². The number of nitrogens with one attached hydrogen (secondary N) is 2. The minimum absolute atomic E-state index is 0.000150. The largest absolute Gasteiger partial charge is 0.381 e. The molecule has 3 rings (SSSR count). The molecule has 0 unspecified atom stereocenters. The molecule has 0 radical (unpaired) electrons. The van der Waals surface area contributed by atoms with Crippen LogP contribution >= 0.6 is 0 Å². The number of carbonyl (C=O) groups is 1. The Morgan fingerprint density at radius 2 is 1.84 bits per heavy atom. The number of nitrogens with zero attached hydrogens (tertiary/aromatic N) is 2. The first-order valence-electron chi connectivity index (χ1n) is 11.0. The summed E-state index contributed by atoms with van der Waals surface area (Å²) in [7, 11) is 5.26. The van der Waals surface area contributed by atoms with Gasteiger partial charge in [-0.15, -0.1) is 0 Å². The first-order valence-corrected chi connectivity index (χ1v) is 11.0. The molecule has 1 heterocycles. The number of hydrogen-bond donors (Lipinski definition) is 2. The number of carbonyl (C=O) groups excluding carboxylic acids is 1. The fourth-order valence-electron chi connectivity index (χ4n) is 4.05. The predicted molar refractivity (Wildman–Crippen MR) is 126 cm³/mol. The number of halogens is 1. The fourth-order valence-corrected chi connectivity index (χ4v) is 4.05. The van der Waals surface area contributed by atoms with Crippen LogP contribution in [-0.2, 0) is 16.6 Å². The fraction of sp³-hybridized carbons (Fsp3) is 0.440. The Hall–Kier alpha value is -2.93. The van der Waals surface area contributed by atoms with Crippen LogP contribution in [0.2, 0.25) is 0 Å². The van der Waals surface area contributed by atoms with Gasteiger partial charge in [0.05, 0.1) is 0 Å². The third-order valence-electron chi connectivity index (χ3n) is 6.01. The summed E-state index contributed by atoms with van der Waals surface area (Å²) in [6.45, 7) is 2.75. The van der Waals surface area contributed by atoms with Crippen molar-refractivity contribution >= 4 is 11.9 Å². The van der Waals surface area contributed by atoms with Crippen molar-refractivity contribution in [1.82, 2.24) is 15.5 Å². The molecule has 0 saturated carbocycles. The van der Waals surface area contributed by atoms with Crippen molar-refractivity contribution in [1.29, 1.82) is 0 Å². The standard InChI is InChI=1S/C25H33FN4O2/c1-27-24(28-14-11-19-5-4-6-20(17-19)23(31)30(2)3)29-18-25(12-15-32-16-13-25)21-7-9-22(26)10-8-21/h4-10,17H,11-16,18H2,1-3H3,(H2,27,28,29).